The largest absolute Gasteiger partial charge is 0.465 e. The Hall–Kier alpha value is -0.570. The minimum atomic E-state index is -0.657. The number of hydrogen-bond donors (Lipinski definition) is 1. The van der Waals surface area contributed by atoms with Crippen LogP contribution in [0.3, 0.4) is 0 Å². The molecule has 1 unspecified atom stereocenters. The lowest BCUT2D eigenvalue weighted by molar-refractivity contribution is -0.158. The van der Waals surface area contributed by atoms with E-state index in [1.807, 2.05) is 27.7 Å². The molecule has 3 heteroatoms. The number of unbranched alkanes of at least 4 members (excludes halogenated alkanes) is 1. The van der Waals surface area contributed by atoms with E-state index in [1.165, 1.54) is 12.8 Å². The van der Waals surface area contributed by atoms with E-state index in [0.717, 1.165) is 12.8 Å². The molecular formula is C15H31NO2. The quantitative estimate of drug-likeness (QED) is 0.677. The van der Waals surface area contributed by atoms with Gasteiger partial charge in [-0.3, -0.25) is 4.79 Å². The standard InChI is InChI=1S/C15H31NO2/c1-7-9-10-12(8-2)11-18-13(17)14(3,4)15(5,6)16/h12H,7-11,16H2,1-6H3. The highest BCUT2D eigenvalue weighted by Gasteiger charge is 2.41. The Morgan fingerprint density at radius 3 is 2.17 bits per heavy atom. The number of carbonyl (C=O) groups is 1. The second-order valence-electron chi connectivity index (χ2n) is 6.36. The lowest BCUT2D eigenvalue weighted by atomic mass is 9.75. The number of ether oxygens (including phenoxy) is 1. The normalized spacial score (nSPS) is 14.4. The molecular weight excluding hydrogens is 226 g/mol. The molecule has 108 valence electrons. The topological polar surface area (TPSA) is 52.3 Å². The van der Waals surface area contributed by atoms with Crippen LogP contribution in [0.5, 0.6) is 0 Å². The van der Waals surface area contributed by atoms with Crippen LogP contribution in [-0.4, -0.2) is 18.1 Å². The highest BCUT2D eigenvalue weighted by molar-refractivity contribution is 5.77. The maximum Gasteiger partial charge on any atom is 0.313 e. The Kier molecular flexibility index (Phi) is 6.90. The van der Waals surface area contributed by atoms with Crippen LogP contribution in [0.4, 0.5) is 0 Å². The summed E-state index contributed by atoms with van der Waals surface area (Å²) in [6.45, 7) is 12.3. The monoisotopic (exact) mass is 257 g/mol. The summed E-state index contributed by atoms with van der Waals surface area (Å²) in [6, 6.07) is 0. The van der Waals surface area contributed by atoms with E-state index in [4.69, 9.17) is 10.5 Å². The molecule has 3 nitrogen and oxygen atoms in total. The van der Waals surface area contributed by atoms with Gasteiger partial charge >= 0.3 is 5.97 Å². The molecule has 0 rings (SSSR count). The lowest BCUT2D eigenvalue weighted by Crippen LogP contribution is -2.52. The van der Waals surface area contributed by atoms with Crippen molar-refractivity contribution < 1.29 is 9.53 Å². The Bertz CT molecular complexity index is 254. The van der Waals surface area contributed by atoms with Crippen molar-refractivity contribution in [1.82, 2.24) is 0 Å². The fourth-order valence-corrected chi connectivity index (χ4v) is 1.54. The van der Waals surface area contributed by atoms with Gasteiger partial charge in [-0.2, -0.15) is 0 Å². The van der Waals surface area contributed by atoms with Crippen LogP contribution in [0.2, 0.25) is 0 Å². The molecule has 0 saturated heterocycles. The molecule has 0 aliphatic carbocycles. The molecule has 0 aliphatic rings. The van der Waals surface area contributed by atoms with Gasteiger partial charge in [-0.1, -0.05) is 33.1 Å². The van der Waals surface area contributed by atoms with E-state index in [0.29, 0.717) is 12.5 Å². The van der Waals surface area contributed by atoms with Crippen molar-refractivity contribution in [3.8, 4) is 0 Å². The highest BCUT2D eigenvalue weighted by atomic mass is 16.5. The molecule has 0 aromatic carbocycles. The third kappa shape index (κ3) is 4.97. The van der Waals surface area contributed by atoms with Gasteiger partial charge in [0.05, 0.1) is 12.0 Å². The van der Waals surface area contributed by atoms with Crippen molar-refractivity contribution in [2.75, 3.05) is 6.61 Å². The van der Waals surface area contributed by atoms with E-state index in [2.05, 4.69) is 13.8 Å². The maximum absolute atomic E-state index is 12.1. The Morgan fingerprint density at radius 2 is 1.78 bits per heavy atom. The van der Waals surface area contributed by atoms with Crippen LogP contribution in [0.25, 0.3) is 0 Å². The number of rotatable bonds is 8. The van der Waals surface area contributed by atoms with Crippen LogP contribution in [0.1, 0.15) is 67.2 Å². The summed E-state index contributed by atoms with van der Waals surface area (Å²) in [5, 5.41) is 0. The van der Waals surface area contributed by atoms with E-state index in [9.17, 15) is 4.79 Å². The summed E-state index contributed by atoms with van der Waals surface area (Å²) in [7, 11) is 0. The van der Waals surface area contributed by atoms with Crippen LogP contribution in [0, 0.1) is 11.3 Å². The lowest BCUT2D eigenvalue weighted by Gasteiger charge is -2.36. The average molecular weight is 257 g/mol. The van der Waals surface area contributed by atoms with Crippen molar-refractivity contribution in [2.45, 2.75) is 72.8 Å². The third-order valence-corrected chi connectivity index (χ3v) is 4.11. The molecule has 0 bridgehead atoms. The van der Waals surface area contributed by atoms with Gasteiger partial charge in [0, 0.05) is 5.54 Å². The molecule has 0 aromatic rings. The second-order valence-corrected chi connectivity index (χ2v) is 6.36. The SMILES string of the molecule is CCCCC(CC)COC(=O)C(C)(C)C(C)(C)N. The number of carbonyl (C=O) groups excluding carboxylic acids is 1. The molecule has 18 heavy (non-hydrogen) atoms. The van der Waals surface area contributed by atoms with Gasteiger partial charge in [0.25, 0.3) is 0 Å². The molecule has 0 fully saturated rings. The van der Waals surface area contributed by atoms with E-state index >= 15 is 0 Å². The second kappa shape index (κ2) is 7.13. The smallest absolute Gasteiger partial charge is 0.313 e. The van der Waals surface area contributed by atoms with Gasteiger partial charge in [0.15, 0.2) is 0 Å². The molecule has 0 spiro atoms. The third-order valence-electron chi connectivity index (χ3n) is 4.11. The summed E-state index contributed by atoms with van der Waals surface area (Å²) in [5.74, 6) is 0.288. The Balaban J connectivity index is 4.32. The minimum absolute atomic E-state index is 0.190. The first-order chi connectivity index (χ1) is 8.16. The van der Waals surface area contributed by atoms with E-state index < -0.39 is 11.0 Å². The zero-order valence-electron chi connectivity index (χ0n) is 13.0. The maximum atomic E-state index is 12.1. The van der Waals surface area contributed by atoms with Gasteiger partial charge in [0.1, 0.15) is 0 Å². The summed E-state index contributed by atoms with van der Waals surface area (Å²) < 4.78 is 5.46. The Labute approximate surface area is 112 Å². The molecule has 0 radical (unpaired) electrons. The van der Waals surface area contributed by atoms with Gasteiger partial charge in [-0.05, 0) is 40.0 Å². The first-order valence-corrected chi connectivity index (χ1v) is 7.12. The van der Waals surface area contributed by atoms with Gasteiger partial charge in [0.2, 0.25) is 0 Å². The van der Waals surface area contributed by atoms with E-state index in [1.54, 1.807) is 0 Å². The summed E-state index contributed by atoms with van der Waals surface area (Å²) >= 11 is 0. The van der Waals surface area contributed by atoms with Gasteiger partial charge in [-0.15, -0.1) is 0 Å². The minimum Gasteiger partial charge on any atom is -0.465 e. The fourth-order valence-electron chi connectivity index (χ4n) is 1.54. The fraction of sp³-hybridized carbons (Fsp3) is 0.933. The average Bonchev–Trinajstić information content (AvgIpc) is 2.27. The first kappa shape index (κ1) is 17.4. The van der Waals surface area contributed by atoms with Crippen LogP contribution < -0.4 is 5.73 Å². The van der Waals surface area contributed by atoms with Crippen LogP contribution >= 0.6 is 0 Å². The van der Waals surface area contributed by atoms with E-state index in [-0.39, 0.29) is 5.97 Å². The molecule has 0 amide bonds. The molecule has 0 aromatic heterocycles. The summed E-state index contributed by atoms with van der Waals surface area (Å²) in [4.78, 5) is 12.1. The van der Waals surface area contributed by atoms with Crippen molar-refractivity contribution in [2.24, 2.45) is 17.1 Å². The molecule has 1 atom stereocenters. The predicted octanol–water partition coefficient (Wildman–Crippen LogP) is 3.51. The zero-order valence-corrected chi connectivity index (χ0v) is 13.0. The Morgan fingerprint density at radius 1 is 1.22 bits per heavy atom. The van der Waals surface area contributed by atoms with Crippen LogP contribution in [-0.2, 0) is 9.53 Å². The number of hydrogen-bond acceptors (Lipinski definition) is 3. The summed E-state index contributed by atoms with van der Waals surface area (Å²) in [6.07, 6.45) is 4.57. The molecule has 2 N–H and O–H groups in total. The van der Waals surface area contributed by atoms with Crippen molar-refractivity contribution in [3.05, 3.63) is 0 Å². The van der Waals surface area contributed by atoms with Crippen LogP contribution in [0.15, 0.2) is 0 Å². The molecule has 0 aliphatic heterocycles. The first-order valence-electron chi connectivity index (χ1n) is 7.12. The van der Waals surface area contributed by atoms with Crippen molar-refractivity contribution >= 4 is 5.97 Å². The number of nitrogens with two attached hydrogens (primary N) is 1. The van der Waals surface area contributed by atoms with Gasteiger partial charge < -0.3 is 10.5 Å². The van der Waals surface area contributed by atoms with Crippen molar-refractivity contribution in [3.63, 3.8) is 0 Å². The highest BCUT2D eigenvalue weighted by Crippen LogP contribution is 2.30. The molecule has 0 saturated carbocycles. The van der Waals surface area contributed by atoms with Gasteiger partial charge in [-0.25, -0.2) is 0 Å². The molecule has 0 heterocycles. The summed E-state index contributed by atoms with van der Waals surface area (Å²) in [5.41, 5.74) is 4.80. The zero-order chi connectivity index (χ0) is 14.4. The van der Waals surface area contributed by atoms with Crippen molar-refractivity contribution in [1.29, 1.82) is 0 Å². The predicted molar refractivity (Wildman–Crippen MR) is 76.3 cm³/mol. The number of esters is 1.